The highest BCUT2D eigenvalue weighted by Gasteiger charge is 2.34. The van der Waals surface area contributed by atoms with Crippen LogP contribution in [-0.4, -0.2) is 54.5 Å². The van der Waals surface area contributed by atoms with Gasteiger partial charge >= 0.3 is 6.03 Å². The Hall–Kier alpha value is -2.54. The number of rotatable bonds is 8. The smallest absolute Gasteiger partial charge is 0.317 e. The van der Waals surface area contributed by atoms with Gasteiger partial charge in [-0.1, -0.05) is 18.2 Å². The van der Waals surface area contributed by atoms with Crippen LogP contribution in [0.15, 0.2) is 41.8 Å². The molecule has 30 heavy (non-hydrogen) atoms. The standard InChI is InChI=1S/C23H29N3O3S/c1-2-24-23(28)25(14-17-8-9-17)15-22(27)26-12-10-21-19(11-13-30-21)20(26)16-29-18-6-4-3-5-7-18/h3-7,11,13,17,20H,2,8-10,12,14-16H2,1H3,(H,24,28)/t20-/m0/s1. The first-order valence-electron chi connectivity index (χ1n) is 10.7. The molecule has 0 spiro atoms. The molecule has 0 saturated heterocycles. The van der Waals surface area contributed by atoms with E-state index in [0.29, 0.717) is 32.2 Å². The number of ether oxygens (including phenoxy) is 1. The molecule has 1 N–H and O–H groups in total. The zero-order valence-corrected chi connectivity index (χ0v) is 18.2. The summed E-state index contributed by atoms with van der Waals surface area (Å²) in [5, 5.41) is 4.94. The van der Waals surface area contributed by atoms with Crippen molar-refractivity contribution in [2.75, 3.05) is 32.8 Å². The Bertz CT molecular complexity index is 866. The van der Waals surface area contributed by atoms with Gasteiger partial charge in [-0.2, -0.15) is 0 Å². The number of hydrogen-bond acceptors (Lipinski definition) is 4. The molecular weight excluding hydrogens is 398 g/mol. The number of carbonyl (C=O) groups is 2. The van der Waals surface area contributed by atoms with Gasteiger partial charge in [0.1, 0.15) is 18.9 Å². The highest BCUT2D eigenvalue weighted by Crippen LogP contribution is 2.34. The molecule has 2 heterocycles. The van der Waals surface area contributed by atoms with Crippen LogP contribution in [0, 0.1) is 5.92 Å². The Labute approximate surface area is 181 Å². The molecule has 1 aliphatic heterocycles. The average molecular weight is 428 g/mol. The molecule has 3 amide bonds. The van der Waals surface area contributed by atoms with Crippen molar-refractivity contribution in [1.82, 2.24) is 15.1 Å². The molecular formula is C23H29N3O3S. The molecule has 2 aliphatic rings. The Balaban J connectivity index is 1.48. The van der Waals surface area contributed by atoms with Gasteiger partial charge in [0.15, 0.2) is 0 Å². The summed E-state index contributed by atoms with van der Waals surface area (Å²) < 4.78 is 6.04. The summed E-state index contributed by atoms with van der Waals surface area (Å²) in [6, 6.07) is 11.5. The SMILES string of the molecule is CCNC(=O)N(CC(=O)N1CCc2sccc2[C@@H]1COc1ccccc1)CC1CC1. The van der Waals surface area contributed by atoms with Crippen molar-refractivity contribution >= 4 is 23.3 Å². The number of carbonyl (C=O) groups excluding carboxylic acids is 2. The maximum Gasteiger partial charge on any atom is 0.317 e. The molecule has 0 radical (unpaired) electrons. The summed E-state index contributed by atoms with van der Waals surface area (Å²) in [7, 11) is 0. The fraction of sp³-hybridized carbons (Fsp3) is 0.478. The summed E-state index contributed by atoms with van der Waals surface area (Å²) in [5.74, 6) is 1.31. The Morgan fingerprint density at radius 1 is 1.23 bits per heavy atom. The van der Waals surface area contributed by atoms with Crippen molar-refractivity contribution in [3.63, 3.8) is 0 Å². The van der Waals surface area contributed by atoms with E-state index in [0.717, 1.165) is 25.0 Å². The summed E-state index contributed by atoms with van der Waals surface area (Å²) in [5.41, 5.74) is 1.17. The molecule has 1 fully saturated rings. The zero-order valence-electron chi connectivity index (χ0n) is 17.4. The molecule has 160 valence electrons. The molecule has 1 saturated carbocycles. The van der Waals surface area contributed by atoms with Gasteiger partial charge in [0.2, 0.25) is 5.91 Å². The van der Waals surface area contributed by atoms with E-state index in [4.69, 9.17) is 4.74 Å². The number of fused-ring (bicyclic) bond motifs is 1. The third-order valence-corrected chi connectivity index (χ3v) is 6.68. The topological polar surface area (TPSA) is 61.9 Å². The third kappa shape index (κ3) is 4.95. The fourth-order valence-electron chi connectivity index (χ4n) is 3.91. The van der Waals surface area contributed by atoms with Crippen molar-refractivity contribution in [1.29, 1.82) is 0 Å². The number of nitrogens with zero attached hydrogens (tertiary/aromatic N) is 2. The lowest BCUT2D eigenvalue weighted by molar-refractivity contribution is -0.135. The third-order valence-electron chi connectivity index (χ3n) is 5.68. The molecule has 0 bridgehead atoms. The van der Waals surface area contributed by atoms with Gasteiger partial charge in [-0.25, -0.2) is 4.79 Å². The van der Waals surface area contributed by atoms with Gasteiger partial charge in [0, 0.05) is 24.5 Å². The first-order chi connectivity index (χ1) is 14.7. The highest BCUT2D eigenvalue weighted by molar-refractivity contribution is 7.10. The molecule has 4 rings (SSSR count). The van der Waals surface area contributed by atoms with Gasteiger partial charge in [-0.3, -0.25) is 4.79 Å². The number of benzene rings is 1. The maximum atomic E-state index is 13.3. The summed E-state index contributed by atoms with van der Waals surface area (Å²) in [6.07, 6.45) is 3.13. The Kier molecular flexibility index (Phi) is 6.57. The van der Waals surface area contributed by atoms with Crippen molar-refractivity contribution in [2.24, 2.45) is 5.92 Å². The monoisotopic (exact) mass is 427 g/mol. The molecule has 1 aromatic heterocycles. The predicted molar refractivity (Wildman–Crippen MR) is 118 cm³/mol. The Morgan fingerprint density at radius 2 is 2.03 bits per heavy atom. The van der Waals surface area contributed by atoms with Gasteiger partial charge in [-0.05, 0) is 61.2 Å². The number of thiophene rings is 1. The van der Waals surface area contributed by atoms with E-state index >= 15 is 0 Å². The van der Waals surface area contributed by atoms with E-state index in [2.05, 4.69) is 16.8 Å². The fourth-order valence-corrected chi connectivity index (χ4v) is 4.84. The lowest BCUT2D eigenvalue weighted by Gasteiger charge is -2.37. The highest BCUT2D eigenvalue weighted by atomic mass is 32.1. The predicted octanol–water partition coefficient (Wildman–Crippen LogP) is 3.69. The van der Waals surface area contributed by atoms with Gasteiger partial charge < -0.3 is 19.9 Å². The van der Waals surface area contributed by atoms with Gasteiger partial charge in [0.05, 0.1) is 6.04 Å². The number of nitrogens with one attached hydrogen (secondary N) is 1. The minimum Gasteiger partial charge on any atom is -0.491 e. The molecule has 1 aliphatic carbocycles. The first-order valence-corrected chi connectivity index (χ1v) is 11.6. The van der Waals surface area contributed by atoms with Crippen LogP contribution in [0.1, 0.15) is 36.2 Å². The summed E-state index contributed by atoms with van der Waals surface area (Å²) in [6.45, 7) is 4.29. The molecule has 1 aromatic carbocycles. The molecule has 1 atom stereocenters. The van der Waals surface area contributed by atoms with Crippen LogP contribution in [0.4, 0.5) is 4.79 Å². The van der Waals surface area contributed by atoms with E-state index < -0.39 is 0 Å². The van der Waals surface area contributed by atoms with Crippen LogP contribution < -0.4 is 10.1 Å². The zero-order chi connectivity index (χ0) is 20.9. The molecule has 6 nitrogen and oxygen atoms in total. The molecule has 0 unspecified atom stereocenters. The van der Waals surface area contributed by atoms with Gasteiger partial charge in [-0.15, -0.1) is 11.3 Å². The van der Waals surface area contributed by atoms with Crippen LogP contribution in [0.25, 0.3) is 0 Å². The van der Waals surface area contributed by atoms with E-state index in [1.165, 1.54) is 10.4 Å². The van der Waals surface area contributed by atoms with Crippen LogP contribution in [0.2, 0.25) is 0 Å². The number of urea groups is 1. The van der Waals surface area contributed by atoms with E-state index in [1.807, 2.05) is 42.2 Å². The van der Waals surface area contributed by atoms with E-state index in [-0.39, 0.29) is 24.5 Å². The van der Waals surface area contributed by atoms with Crippen LogP contribution in [-0.2, 0) is 11.2 Å². The largest absolute Gasteiger partial charge is 0.491 e. The molecule has 2 aromatic rings. The average Bonchev–Trinajstić information content (AvgIpc) is 3.45. The van der Waals surface area contributed by atoms with Crippen LogP contribution in [0.3, 0.4) is 0 Å². The van der Waals surface area contributed by atoms with Crippen molar-refractivity contribution in [3.8, 4) is 5.75 Å². The summed E-state index contributed by atoms with van der Waals surface area (Å²) in [4.78, 5) is 30.7. The van der Waals surface area contributed by atoms with Crippen molar-refractivity contribution < 1.29 is 14.3 Å². The second kappa shape index (κ2) is 9.51. The Morgan fingerprint density at radius 3 is 2.77 bits per heavy atom. The lowest BCUT2D eigenvalue weighted by Crippen LogP contribution is -2.50. The van der Waals surface area contributed by atoms with E-state index in [9.17, 15) is 9.59 Å². The van der Waals surface area contributed by atoms with Crippen molar-refractivity contribution in [2.45, 2.75) is 32.2 Å². The van der Waals surface area contributed by atoms with Crippen LogP contribution >= 0.6 is 11.3 Å². The number of para-hydroxylation sites is 1. The van der Waals surface area contributed by atoms with Crippen LogP contribution in [0.5, 0.6) is 5.75 Å². The summed E-state index contributed by atoms with van der Waals surface area (Å²) >= 11 is 1.74. The number of hydrogen-bond donors (Lipinski definition) is 1. The minimum absolute atomic E-state index is 0.0135. The maximum absolute atomic E-state index is 13.3. The van der Waals surface area contributed by atoms with E-state index in [1.54, 1.807) is 16.2 Å². The molecule has 7 heteroatoms. The normalized spacial score (nSPS) is 17.9. The van der Waals surface area contributed by atoms with Crippen molar-refractivity contribution in [3.05, 3.63) is 52.2 Å². The second-order valence-electron chi connectivity index (χ2n) is 7.94. The minimum atomic E-state index is -0.150. The quantitative estimate of drug-likeness (QED) is 0.699. The number of amides is 3. The first kappa shape index (κ1) is 20.7. The van der Waals surface area contributed by atoms with Gasteiger partial charge in [0.25, 0.3) is 0 Å². The second-order valence-corrected chi connectivity index (χ2v) is 8.94. The lowest BCUT2D eigenvalue weighted by atomic mass is 10.0.